The Kier molecular flexibility index (Phi) is 10.2. The van der Waals surface area contributed by atoms with Crippen LogP contribution in [-0.4, -0.2) is 67.7 Å². The predicted octanol–water partition coefficient (Wildman–Crippen LogP) is 8.11. The van der Waals surface area contributed by atoms with Crippen LogP contribution in [0, 0.1) is 23.2 Å². The second-order valence-corrected chi connectivity index (χ2v) is 22.9. The molecule has 1 unspecified atom stereocenters. The van der Waals surface area contributed by atoms with Crippen molar-refractivity contribution in [3.8, 4) is 0 Å². The van der Waals surface area contributed by atoms with Crippen LogP contribution in [-0.2, 0) is 4.74 Å². The molecule has 1 atom stereocenters. The highest BCUT2D eigenvalue weighted by Crippen LogP contribution is 2.60. The highest BCUT2D eigenvalue weighted by atomic mass is 16.5. The van der Waals surface area contributed by atoms with Crippen molar-refractivity contribution >= 4 is 0 Å². The van der Waals surface area contributed by atoms with E-state index in [1.807, 2.05) is 0 Å². The minimum Gasteiger partial charge on any atom is -0.396 e. The van der Waals surface area contributed by atoms with Crippen molar-refractivity contribution in [3.05, 3.63) is 0 Å². The van der Waals surface area contributed by atoms with Crippen LogP contribution in [0.5, 0.6) is 0 Å². The van der Waals surface area contributed by atoms with Gasteiger partial charge >= 0.3 is 0 Å². The van der Waals surface area contributed by atoms with Crippen LogP contribution in [0.1, 0.15) is 175 Å². The van der Waals surface area contributed by atoms with Crippen LogP contribution < -0.4 is 21.3 Å². The Bertz CT molecular complexity index is 1020. The molecule has 0 aromatic heterocycles. The summed E-state index contributed by atoms with van der Waals surface area (Å²) in [6, 6.07) is 0. The van der Waals surface area contributed by atoms with E-state index in [2.05, 4.69) is 139 Å². The molecule has 0 aliphatic carbocycles. The van der Waals surface area contributed by atoms with E-state index in [1.54, 1.807) is 0 Å². The van der Waals surface area contributed by atoms with Gasteiger partial charge in [0.1, 0.15) is 0 Å². The van der Waals surface area contributed by atoms with E-state index in [1.165, 1.54) is 0 Å². The highest BCUT2D eigenvalue weighted by Gasteiger charge is 2.64. The second kappa shape index (κ2) is 12.2. The minimum atomic E-state index is -0.512. The summed E-state index contributed by atoms with van der Waals surface area (Å²) >= 11 is 0. The molecule has 4 fully saturated rings. The maximum absolute atomic E-state index is 12.1. The third kappa shape index (κ3) is 9.17. The van der Waals surface area contributed by atoms with Crippen LogP contribution in [0.4, 0.5) is 0 Å². The molecule has 0 aromatic carbocycles. The molecule has 0 aromatic rings. The van der Waals surface area contributed by atoms with Crippen molar-refractivity contribution in [1.29, 1.82) is 0 Å². The molecule has 6 nitrogen and oxygen atoms in total. The van der Waals surface area contributed by atoms with Gasteiger partial charge in [-0.15, -0.1) is 0 Å². The van der Waals surface area contributed by atoms with Gasteiger partial charge in [-0.3, -0.25) is 0 Å². The van der Waals surface area contributed by atoms with E-state index in [0.29, 0.717) is 17.8 Å². The van der Waals surface area contributed by atoms with Crippen molar-refractivity contribution < 1.29 is 9.84 Å². The van der Waals surface area contributed by atoms with Gasteiger partial charge in [-0.2, -0.15) is 0 Å². The molecule has 6 heteroatoms. The number of ether oxygens (including phenoxy) is 1. The van der Waals surface area contributed by atoms with Crippen molar-refractivity contribution in [2.75, 3.05) is 6.61 Å². The summed E-state index contributed by atoms with van der Waals surface area (Å²) in [7, 11) is 0. The highest BCUT2D eigenvalue weighted by molar-refractivity contribution is 5.17. The molecule has 4 aliphatic heterocycles. The lowest BCUT2D eigenvalue weighted by Gasteiger charge is -2.65. The van der Waals surface area contributed by atoms with Gasteiger partial charge in [0.2, 0.25) is 0 Å². The van der Waals surface area contributed by atoms with Gasteiger partial charge in [-0.05, 0) is 186 Å². The molecule has 4 heterocycles. The Morgan fingerprint density at radius 3 is 1.06 bits per heavy atom. The standard InChI is InChI=1S/C41H80N4O2/c1-32(2)18-28(19-33(3,4)42-32)20-40(17,27-46)41(29-21-34(5,6)43-35(7,8)22-29,30-23-36(9,10)44-37(11,12)24-30)47-31-25-38(13,14)45-39(15,16)26-31/h28-31,42-46H,18-27H2,1-17H3. The van der Waals surface area contributed by atoms with E-state index in [0.717, 1.165) is 57.8 Å². The first-order valence-electron chi connectivity index (χ1n) is 19.3. The van der Waals surface area contributed by atoms with Crippen molar-refractivity contribution in [2.45, 2.75) is 232 Å². The third-order valence-corrected chi connectivity index (χ3v) is 12.4. The lowest BCUT2D eigenvalue weighted by atomic mass is 9.50. The summed E-state index contributed by atoms with van der Waals surface area (Å²) in [5, 5.41) is 28.0. The first-order valence-corrected chi connectivity index (χ1v) is 19.3. The van der Waals surface area contributed by atoms with Crippen LogP contribution in [0.15, 0.2) is 0 Å². The number of nitrogens with one attached hydrogen (secondary N) is 4. The van der Waals surface area contributed by atoms with E-state index < -0.39 is 11.0 Å². The van der Waals surface area contributed by atoms with Crippen LogP contribution >= 0.6 is 0 Å². The first-order chi connectivity index (χ1) is 20.8. The zero-order valence-electron chi connectivity index (χ0n) is 34.2. The molecule has 47 heavy (non-hydrogen) atoms. The number of rotatable bonds is 8. The molecular formula is C41H80N4O2. The average Bonchev–Trinajstić information content (AvgIpc) is 2.73. The van der Waals surface area contributed by atoms with Gasteiger partial charge in [0, 0.05) is 49.7 Å². The van der Waals surface area contributed by atoms with E-state index >= 15 is 0 Å². The molecule has 4 rings (SSSR count). The SMILES string of the molecule is CC1(C)CC(CC(C)(CO)C(OC2CC(C)(C)NC(C)(C)C2)(C2CC(C)(C)NC(C)(C)C2)C2CC(C)(C)NC(C)(C)C2)CC(C)(C)N1. The Labute approximate surface area is 291 Å². The fraction of sp³-hybridized carbons (Fsp3) is 1.00. The monoisotopic (exact) mass is 661 g/mol. The van der Waals surface area contributed by atoms with E-state index in [4.69, 9.17) is 4.74 Å². The number of hydrogen-bond donors (Lipinski definition) is 5. The Morgan fingerprint density at radius 1 is 0.489 bits per heavy atom. The lowest BCUT2D eigenvalue weighted by Crippen LogP contribution is -2.72. The van der Waals surface area contributed by atoms with Crippen molar-refractivity contribution in [3.63, 3.8) is 0 Å². The Balaban J connectivity index is 1.98. The summed E-state index contributed by atoms with van der Waals surface area (Å²) < 4.78 is 8.23. The van der Waals surface area contributed by atoms with Crippen LogP contribution in [0.25, 0.3) is 0 Å². The van der Waals surface area contributed by atoms with E-state index in [9.17, 15) is 5.11 Å². The second-order valence-electron chi connectivity index (χ2n) is 22.9. The molecular weight excluding hydrogens is 580 g/mol. The minimum absolute atomic E-state index is 0.0316. The molecule has 0 saturated carbocycles. The Hall–Kier alpha value is -0.240. The number of aliphatic hydroxyl groups excluding tert-OH is 1. The average molecular weight is 661 g/mol. The van der Waals surface area contributed by atoms with Gasteiger partial charge in [-0.1, -0.05) is 6.92 Å². The van der Waals surface area contributed by atoms with Gasteiger partial charge in [0.25, 0.3) is 0 Å². The molecule has 4 saturated heterocycles. The van der Waals surface area contributed by atoms with E-state index in [-0.39, 0.29) is 57.0 Å². The summed E-state index contributed by atoms with van der Waals surface area (Å²) in [6.45, 7) is 40.7. The normalized spacial score (nSPS) is 32.0. The molecule has 276 valence electrons. The Morgan fingerprint density at radius 2 is 0.766 bits per heavy atom. The molecule has 0 bridgehead atoms. The summed E-state index contributed by atoms with van der Waals surface area (Å²) in [4.78, 5) is 0. The van der Waals surface area contributed by atoms with Crippen LogP contribution in [0.3, 0.4) is 0 Å². The predicted molar refractivity (Wildman–Crippen MR) is 200 cm³/mol. The summed E-state index contributed by atoms with van der Waals surface area (Å²) in [5.41, 5.74) is -1.07. The third-order valence-electron chi connectivity index (χ3n) is 12.4. The van der Waals surface area contributed by atoms with Crippen LogP contribution in [0.2, 0.25) is 0 Å². The maximum atomic E-state index is 12.1. The van der Waals surface area contributed by atoms with Gasteiger partial charge in [-0.25, -0.2) is 0 Å². The first kappa shape index (κ1) is 39.5. The van der Waals surface area contributed by atoms with Gasteiger partial charge < -0.3 is 31.1 Å². The number of piperidine rings is 4. The zero-order valence-corrected chi connectivity index (χ0v) is 34.2. The number of hydrogen-bond acceptors (Lipinski definition) is 6. The largest absolute Gasteiger partial charge is 0.396 e. The quantitative estimate of drug-likeness (QED) is 0.181. The van der Waals surface area contributed by atoms with Gasteiger partial charge in [0.05, 0.1) is 18.3 Å². The maximum Gasteiger partial charge on any atom is 0.0820 e. The molecule has 0 spiro atoms. The van der Waals surface area contributed by atoms with Gasteiger partial charge in [0.15, 0.2) is 0 Å². The summed E-state index contributed by atoms with van der Waals surface area (Å²) in [6.07, 6.45) is 9.42. The smallest absolute Gasteiger partial charge is 0.0820 e. The van der Waals surface area contributed by atoms with Crippen molar-refractivity contribution in [2.24, 2.45) is 23.2 Å². The fourth-order valence-electron chi connectivity index (χ4n) is 13.2. The van der Waals surface area contributed by atoms with Crippen molar-refractivity contribution in [1.82, 2.24) is 21.3 Å². The fourth-order valence-corrected chi connectivity index (χ4v) is 13.2. The topological polar surface area (TPSA) is 77.6 Å². The molecule has 5 N–H and O–H groups in total. The number of aliphatic hydroxyl groups is 1. The zero-order chi connectivity index (χ0) is 35.9. The lowest BCUT2D eigenvalue weighted by molar-refractivity contribution is -0.270. The summed E-state index contributed by atoms with van der Waals surface area (Å²) in [5.74, 6) is 1.08. The molecule has 4 aliphatic rings. The molecule has 0 amide bonds. The molecule has 0 radical (unpaired) electrons.